The minimum Gasteiger partial charge on any atom is -0.481 e. The summed E-state index contributed by atoms with van der Waals surface area (Å²) in [7, 11) is 0. The van der Waals surface area contributed by atoms with E-state index in [9.17, 15) is 9.59 Å². The molecule has 5 nitrogen and oxygen atoms in total. The van der Waals surface area contributed by atoms with Crippen molar-refractivity contribution in [2.45, 2.75) is 46.1 Å². The van der Waals surface area contributed by atoms with Crippen LogP contribution in [-0.4, -0.2) is 23.0 Å². The lowest BCUT2D eigenvalue weighted by molar-refractivity contribution is -0.137. The largest absolute Gasteiger partial charge is 0.481 e. The molecule has 0 fully saturated rings. The fourth-order valence-corrected chi connectivity index (χ4v) is 1.89. The molecule has 0 aliphatic heterocycles. The number of nitrogens with two attached hydrogens (primary N) is 1. The van der Waals surface area contributed by atoms with Crippen LogP contribution in [0.15, 0.2) is 24.3 Å². The average molecular weight is 292 g/mol. The van der Waals surface area contributed by atoms with Crippen LogP contribution in [0, 0.1) is 5.41 Å². The average Bonchev–Trinajstić information content (AvgIpc) is 2.36. The van der Waals surface area contributed by atoms with Crippen LogP contribution in [-0.2, 0) is 9.59 Å². The fourth-order valence-electron chi connectivity index (χ4n) is 1.89. The van der Waals surface area contributed by atoms with Crippen LogP contribution in [0.25, 0.3) is 0 Å². The summed E-state index contributed by atoms with van der Waals surface area (Å²) in [5.41, 5.74) is 7.18. The molecule has 0 aromatic heterocycles. The Morgan fingerprint density at radius 1 is 1.24 bits per heavy atom. The van der Waals surface area contributed by atoms with Crippen molar-refractivity contribution >= 4 is 17.6 Å². The van der Waals surface area contributed by atoms with Gasteiger partial charge in [0.1, 0.15) is 0 Å². The molecule has 1 aromatic carbocycles. The van der Waals surface area contributed by atoms with Gasteiger partial charge in [0.15, 0.2) is 0 Å². The summed E-state index contributed by atoms with van der Waals surface area (Å²) in [6, 6.07) is 6.59. The van der Waals surface area contributed by atoms with E-state index in [1.54, 1.807) is 12.1 Å². The van der Waals surface area contributed by atoms with Gasteiger partial charge in [-0.25, -0.2) is 0 Å². The molecule has 0 bridgehead atoms. The molecule has 0 aliphatic rings. The summed E-state index contributed by atoms with van der Waals surface area (Å²) in [5.74, 6) is -1.12. The van der Waals surface area contributed by atoms with Crippen LogP contribution in [0.2, 0.25) is 0 Å². The molecule has 0 saturated heterocycles. The molecule has 1 amide bonds. The normalized spacial score (nSPS) is 14.3. The van der Waals surface area contributed by atoms with Gasteiger partial charge in [0.05, 0.1) is 12.5 Å². The quantitative estimate of drug-likeness (QED) is 0.777. The Hall–Kier alpha value is -1.88. The van der Waals surface area contributed by atoms with Crippen LogP contribution in [0.1, 0.15) is 45.6 Å². The molecule has 0 heterocycles. The second kappa shape index (κ2) is 6.72. The highest BCUT2D eigenvalue weighted by molar-refractivity contribution is 5.95. The van der Waals surface area contributed by atoms with Crippen molar-refractivity contribution in [3.8, 4) is 0 Å². The third kappa shape index (κ3) is 5.19. The lowest BCUT2D eigenvalue weighted by Crippen LogP contribution is -2.45. The second-order valence-electron chi connectivity index (χ2n) is 6.45. The smallest absolute Gasteiger partial charge is 0.303 e. The van der Waals surface area contributed by atoms with Crippen LogP contribution in [0.5, 0.6) is 0 Å². The first kappa shape index (κ1) is 17.2. The van der Waals surface area contributed by atoms with Gasteiger partial charge in [-0.05, 0) is 29.0 Å². The third-order valence-electron chi connectivity index (χ3n) is 3.44. The van der Waals surface area contributed by atoms with Crippen molar-refractivity contribution in [3.63, 3.8) is 0 Å². The van der Waals surface area contributed by atoms with Crippen LogP contribution in [0.4, 0.5) is 5.69 Å². The molecule has 4 N–H and O–H groups in total. The number of carbonyl (C=O) groups is 2. The van der Waals surface area contributed by atoms with Crippen molar-refractivity contribution in [3.05, 3.63) is 29.8 Å². The summed E-state index contributed by atoms with van der Waals surface area (Å²) >= 11 is 0. The molecule has 0 spiro atoms. The number of hydrogen-bond acceptors (Lipinski definition) is 3. The highest BCUT2D eigenvalue weighted by Crippen LogP contribution is 2.22. The van der Waals surface area contributed by atoms with E-state index in [4.69, 9.17) is 10.8 Å². The maximum absolute atomic E-state index is 12.0. The number of aliphatic carboxylic acids is 1. The number of carboxylic acid groups (broad SMARTS) is 1. The van der Waals surface area contributed by atoms with Gasteiger partial charge in [-0.2, -0.15) is 0 Å². The molecule has 116 valence electrons. The third-order valence-corrected chi connectivity index (χ3v) is 3.44. The molecule has 1 aromatic rings. The molecular formula is C16H24N2O3. The zero-order valence-electron chi connectivity index (χ0n) is 13.0. The van der Waals surface area contributed by atoms with Gasteiger partial charge >= 0.3 is 5.97 Å². The van der Waals surface area contributed by atoms with Gasteiger partial charge in [0.25, 0.3) is 0 Å². The number of anilines is 1. The Kier molecular flexibility index (Phi) is 5.49. The summed E-state index contributed by atoms with van der Waals surface area (Å²) < 4.78 is 0. The van der Waals surface area contributed by atoms with Gasteiger partial charge in [0, 0.05) is 5.69 Å². The van der Waals surface area contributed by atoms with Crippen LogP contribution >= 0.6 is 0 Å². The molecule has 2 atom stereocenters. The molecule has 21 heavy (non-hydrogen) atoms. The molecule has 1 rings (SSSR count). The Bertz CT molecular complexity index is 503. The summed E-state index contributed by atoms with van der Waals surface area (Å²) in [6.07, 6.45) is 0.0839. The van der Waals surface area contributed by atoms with Gasteiger partial charge in [-0.1, -0.05) is 39.8 Å². The lowest BCUT2D eigenvalue weighted by atomic mass is 9.87. The summed E-state index contributed by atoms with van der Waals surface area (Å²) in [4.78, 5) is 22.7. The predicted octanol–water partition coefficient (Wildman–Crippen LogP) is 2.58. The zero-order valence-corrected chi connectivity index (χ0v) is 13.0. The van der Waals surface area contributed by atoms with Crippen molar-refractivity contribution in [2.24, 2.45) is 11.1 Å². The lowest BCUT2D eigenvalue weighted by Gasteiger charge is -2.25. The maximum atomic E-state index is 12.0. The number of carboxylic acids is 1. The first-order valence-corrected chi connectivity index (χ1v) is 6.99. The zero-order chi connectivity index (χ0) is 16.2. The monoisotopic (exact) mass is 292 g/mol. The summed E-state index contributed by atoms with van der Waals surface area (Å²) in [5, 5.41) is 11.6. The Morgan fingerprint density at radius 3 is 2.19 bits per heavy atom. The van der Waals surface area contributed by atoms with E-state index in [-0.39, 0.29) is 23.7 Å². The van der Waals surface area contributed by atoms with Gasteiger partial charge in [-0.15, -0.1) is 0 Å². The number of benzene rings is 1. The molecule has 1 unspecified atom stereocenters. The molecule has 0 radical (unpaired) electrons. The first-order valence-electron chi connectivity index (χ1n) is 6.99. The van der Waals surface area contributed by atoms with E-state index in [1.165, 1.54) is 0 Å². The Morgan fingerprint density at radius 2 is 1.76 bits per heavy atom. The number of hydrogen-bond donors (Lipinski definition) is 3. The maximum Gasteiger partial charge on any atom is 0.303 e. The topological polar surface area (TPSA) is 92.4 Å². The second-order valence-corrected chi connectivity index (χ2v) is 6.45. The molecule has 0 aliphatic carbocycles. The van der Waals surface area contributed by atoms with Crippen LogP contribution in [0.3, 0.4) is 0 Å². The fraction of sp³-hybridized carbons (Fsp3) is 0.500. The van der Waals surface area contributed by atoms with E-state index >= 15 is 0 Å². The van der Waals surface area contributed by atoms with Gasteiger partial charge in [0.2, 0.25) is 5.91 Å². The van der Waals surface area contributed by atoms with E-state index in [0.29, 0.717) is 5.69 Å². The van der Waals surface area contributed by atoms with Crippen molar-refractivity contribution in [1.82, 2.24) is 0 Å². The highest BCUT2D eigenvalue weighted by atomic mass is 16.4. The molecule has 5 heteroatoms. The molecular weight excluding hydrogens is 268 g/mol. The minimum atomic E-state index is -0.823. The van der Waals surface area contributed by atoms with Gasteiger partial charge in [-0.3, -0.25) is 9.59 Å². The van der Waals surface area contributed by atoms with Crippen molar-refractivity contribution < 1.29 is 14.7 Å². The van der Waals surface area contributed by atoms with Crippen molar-refractivity contribution in [1.29, 1.82) is 0 Å². The van der Waals surface area contributed by atoms with Crippen molar-refractivity contribution in [2.75, 3.05) is 5.32 Å². The van der Waals surface area contributed by atoms with E-state index in [2.05, 4.69) is 5.32 Å². The first-order chi connectivity index (χ1) is 9.61. The molecule has 0 saturated carbocycles. The standard InChI is InChI=1S/C16H24N2O3/c1-10(9-13(19)20)11-5-7-12(8-6-11)18-15(21)14(17)16(2,3)4/h5-8,10,14H,9,17H2,1-4H3,(H,18,21)(H,19,20)/t10?,14-/m0/s1. The highest BCUT2D eigenvalue weighted by Gasteiger charge is 2.27. The van der Waals surface area contributed by atoms with Crippen LogP contribution < -0.4 is 11.1 Å². The van der Waals surface area contributed by atoms with E-state index < -0.39 is 12.0 Å². The summed E-state index contributed by atoms with van der Waals surface area (Å²) in [6.45, 7) is 7.59. The Balaban J connectivity index is 2.71. The van der Waals surface area contributed by atoms with E-state index in [1.807, 2.05) is 39.8 Å². The Labute approximate surface area is 125 Å². The van der Waals surface area contributed by atoms with E-state index in [0.717, 1.165) is 5.56 Å². The minimum absolute atomic E-state index is 0.0657. The number of amides is 1. The predicted molar refractivity (Wildman–Crippen MR) is 83.2 cm³/mol. The number of rotatable bonds is 5. The van der Waals surface area contributed by atoms with Gasteiger partial charge < -0.3 is 16.2 Å². The number of carbonyl (C=O) groups excluding carboxylic acids is 1. The SMILES string of the molecule is CC(CC(=O)O)c1ccc(NC(=O)[C@H](N)C(C)(C)C)cc1. The number of nitrogens with one attached hydrogen (secondary N) is 1.